The monoisotopic (exact) mass is 277 g/mol. The number of carboxylic acids is 1. The number of carbonyl (C=O) groups excluding carboxylic acids is 1. The Morgan fingerprint density at radius 2 is 1.90 bits per heavy atom. The Morgan fingerprint density at radius 1 is 1.25 bits per heavy atom. The summed E-state index contributed by atoms with van der Waals surface area (Å²) >= 11 is 0. The van der Waals surface area contributed by atoms with Crippen molar-refractivity contribution in [2.45, 2.75) is 38.5 Å². The largest absolute Gasteiger partial charge is 0.479 e. The van der Waals surface area contributed by atoms with Crippen LogP contribution >= 0.6 is 0 Å². The van der Waals surface area contributed by atoms with E-state index in [9.17, 15) is 9.59 Å². The van der Waals surface area contributed by atoms with E-state index in [4.69, 9.17) is 9.84 Å². The van der Waals surface area contributed by atoms with E-state index in [1.165, 1.54) is 0 Å². The lowest BCUT2D eigenvalue weighted by Gasteiger charge is -2.20. The van der Waals surface area contributed by atoms with Gasteiger partial charge in [0.05, 0.1) is 6.04 Å². The van der Waals surface area contributed by atoms with Crippen molar-refractivity contribution in [1.82, 2.24) is 5.32 Å². The van der Waals surface area contributed by atoms with Crippen molar-refractivity contribution < 1.29 is 19.4 Å². The van der Waals surface area contributed by atoms with Gasteiger partial charge in [0.2, 0.25) is 0 Å². The van der Waals surface area contributed by atoms with Gasteiger partial charge >= 0.3 is 5.97 Å². The highest BCUT2D eigenvalue weighted by Gasteiger charge is 2.51. The number of carboxylic acid groups (broad SMARTS) is 1. The number of hydrogen-bond acceptors (Lipinski definition) is 3. The molecule has 5 heteroatoms. The van der Waals surface area contributed by atoms with Gasteiger partial charge in [0.1, 0.15) is 0 Å². The summed E-state index contributed by atoms with van der Waals surface area (Å²) in [5, 5.41) is 11.6. The van der Waals surface area contributed by atoms with Crippen LogP contribution in [0.25, 0.3) is 0 Å². The molecule has 0 aromatic heterocycles. The molecule has 5 nitrogen and oxygen atoms in total. The molecule has 1 aromatic carbocycles. The van der Waals surface area contributed by atoms with E-state index in [2.05, 4.69) is 19.2 Å². The number of hydrogen-bond donors (Lipinski definition) is 2. The minimum Gasteiger partial charge on any atom is -0.479 e. The molecule has 1 unspecified atom stereocenters. The maximum atomic E-state index is 12.0. The summed E-state index contributed by atoms with van der Waals surface area (Å²) in [5.74, 6) is -1.03. The maximum absolute atomic E-state index is 12.0. The summed E-state index contributed by atoms with van der Waals surface area (Å²) in [6, 6.07) is 9.54. The Hall–Kier alpha value is -1.88. The molecular weight excluding hydrogens is 258 g/mol. The highest BCUT2D eigenvalue weighted by molar-refractivity contribution is 5.92. The summed E-state index contributed by atoms with van der Waals surface area (Å²) in [7, 11) is 0. The van der Waals surface area contributed by atoms with Crippen molar-refractivity contribution in [1.29, 1.82) is 0 Å². The van der Waals surface area contributed by atoms with Crippen LogP contribution in [0, 0.1) is 5.92 Å². The first-order valence-electron chi connectivity index (χ1n) is 6.72. The average Bonchev–Trinajstić information content (AvgIpc) is 3.19. The van der Waals surface area contributed by atoms with Gasteiger partial charge in [-0.25, -0.2) is 4.79 Å². The zero-order chi connectivity index (χ0) is 14.7. The molecule has 1 aliphatic rings. The van der Waals surface area contributed by atoms with E-state index in [0.29, 0.717) is 5.92 Å². The van der Waals surface area contributed by atoms with Crippen molar-refractivity contribution in [2.24, 2.45) is 5.92 Å². The van der Waals surface area contributed by atoms with E-state index in [-0.39, 0.29) is 11.9 Å². The normalized spacial score (nSPS) is 22.4. The molecule has 3 atom stereocenters. The van der Waals surface area contributed by atoms with E-state index >= 15 is 0 Å². The minimum absolute atomic E-state index is 0.123. The standard InChI is InChI=1S/C15H19NO4/c1-9(2)8-11(10-6-4-3-5-7-10)16-14(17)12-13(20-12)15(18)19/h3-7,9,11-13H,8H2,1-2H3,(H,16,17)(H,18,19)/t11?,12-,13-/m1/s1. The van der Waals surface area contributed by atoms with Crippen LogP contribution in [-0.4, -0.2) is 29.2 Å². The zero-order valence-electron chi connectivity index (χ0n) is 11.6. The van der Waals surface area contributed by atoms with Crippen LogP contribution in [0.5, 0.6) is 0 Å². The lowest BCUT2D eigenvalue weighted by Crippen LogP contribution is -2.34. The predicted octanol–water partition coefficient (Wildman–Crippen LogP) is 1.74. The molecule has 0 aliphatic carbocycles. The minimum atomic E-state index is -1.09. The van der Waals surface area contributed by atoms with Gasteiger partial charge in [0.15, 0.2) is 12.2 Å². The molecule has 1 heterocycles. The predicted molar refractivity (Wildman–Crippen MR) is 73.1 cm³/mol. The van der Waals surface area contributed by atoms with Crippen LogP contribution in [0.3, 0.4) is 0 Å². The number of benzene rings is 1. The van der Waals surface area contributed by atoms with Crippen LogP contribution < -0.4 is 5.32 Å². The van der Waals surface area contributed by atoms with Gasteiger partial charge in [0, 0.05) is 0 Å². The molecule has 1 fully saturated rings. The maximum Gasteiger partial charge on any atom is 0.336 e. The fraction of sp³-hybridized carbons (Fsp3) is 0.467. The van der Waals surface area contributed by atoms with Gasteiger partial charge in [-0.2, -0.15) is 0 Å². The Balaban J connectivity index is 2.02. The molecule has 1 amide bonds. The lowest BCUT2D eigenvalue weighted by molar-refractivity contribution is -0.138. The topological polar surface area (TPSA) is 78.9 Å². The molecular formula is C15H19NO4. The first-order chi connectivity index (χ1) is 9.49. The van der Waals surface area contributed by atoms with Gasteiger partial charge in [-0.15, -0.1) is 0 Å². The second-order valence-electron chi connectivity index (χ2n) is 5.42. The first-order valence-corrected chi connectivity index (χ1v) is 6.72. The van der Waals surface area contributed by atoms with Crippen molar-refractivity contribution in [3.05, 3.63) is 35.9 Å². The van der Waals surface area contributed by atoms with Crippen LogP contribution in [0.15, 0.2) is 30.3 Å². The van der Waals surface area contributed by atoms with Crippen LogP contribution in [0.4, 0.5) is 0 Å². The quantitative estimate of drug-likeness (QED) is 0.776. The summed E-state index contributed by atoms with van der Waals surface area (Å²) in [5.41, 5.74) is 1.02. The number of aliphatic carboxylic acids is 1. The summed E-state index contributed by atoms with van der Waals surface area (Å²) < 4.78 is 4.87. The van der Waals surface area contributed by atoms with Gasteiger partial charge in [0.25, 0.3) is 5.91 Å². The summed E-state index contributed by atoms with van der Waals surface area (Å²) in [6.45, 7) is 4.16. The third-order valence-corrected chi connectivity index (χ3v) is 3.22. The van der Waals surface area contributed by atoms with Crippen LogP contribution in [0.1, 0.15) is 31.9 Å². The second-order valence-corrected chi connectivity index (χ2v) is 5.42. The number of rotatable bonds is 6. The first kappa shape index (κ1) is 14.5. The lowest BCUT2D eigenvalue weighted by atomic mass is 9.97. The molecule has 108 valence electrons. The van der Waals surface area contributed by atoms with Crippen molar-refractivity contribution in [3.63, 3.8) is 0 Å². The molecule has 2 N–H and O–H groups in total. The van der Waals surface area contributed by atoms with E-state index < -0.39 is 18.2 Å². The third-order valence-electron chi connectivity index (χ3n) is 3.22. The fourth-order valence-corrected chi connectivity index (χ4v) is 2.19. The third kappa shape index (κ3) is 3.57. The Labute approximate surface area is 117 Å². The second kappa shape index (κ2) is 6.05. The molecule has 0 spiro atoms. The molecule has 1 aromatic rings. The molecule has 20 heavy (non-hydrogen) atoms. The molecule has 0 saturated carbocycles. The van der Waals surface area contributed by atoms with Gasteiger partial charge in [-0.05, 0) is 17.9 Å². The molecule has 0 radical (unpaired) electrons. The number of carbonyl (C=O) groups is 2. The molecule has 1 saturated heterocycles. The molecule has 2 rings (SSSR count). The van der Waals surface area contributed by atoms with E-state index in [0.717, 1.165) is 12.0 Å². The highest BCUT2D eigenvalue weighted by Crippen LogP contribution is 2.26. The van der Waals surface area contributed by atoms with Crippen LogP contribution in [-0.2, 0) is 14.3 Å². The van der Waals surface area contributed by atoms with E-state index in [1.54, 1.807) is 0 Å². The van der Waals surface area contributed by atoms with Crippen molar-refractivity contribution >= 4 is 11.9 Å². The Kier molecular flexibility index (Phi) is 4.39. The van der Waals surface area contributed by atoms with Crippen LogP contribution in [0.2, 0.25) is 0 Å². The highest BCUT2D eigenvalue weighted by atomic mass is 16.6. The number of epoxide rings is 1. The molecule has 0 bridgehead atoms. The summed E-state index contributed by atoms with van der Waals surface area (Å²) in [6.07, 6.45) is -1.06. The summed E-state index contributed by atoms with van der Waals surface area (Å²) in [4.78, 5) is 22.7. The Bertz CT molecular complexity index is 486. The average molecular weight is 277 g/mol. The number of ether oxygens (including phenoxy) is 1. The van der Waals surface area contributed by atoms with Crippen molar-refractivity contribution in [3.8, 4) is 0 Å². The number of amides is 1. The van der Waals surface area contributed by atoms with Gasteiger partial charge < -0.3 is 15.2 Å². The van der Waals surface area contributed by atoms with Crippen molar-refractivity contribution in [2.75, 3.05) is 0 Å². The molecule has 1 aliphatic heterocycles. The number of nitrogens with one attached hydrogen (secondary N) is 1. The van der Waals surface area contributed by atoms with Gasteiger partial charge in [-0.1, -0.05) is 44.2 Å². The Morgan fingerprint density at radius 3 is 2.40 bits per heavy atom. The SMILES string of the molecule is CC(C)CC(NC(=O)[C@@H]1O[C@H]1C(=O)O)c1ccccc1. The smallest absolute Gasteiger partial charge is 0.336 e. The fourth-order valence-electron chi connectivity index (χ4n) is 2.19. The van der Waals surface area contributed by atoms with Gasteiger partial charge in [-0.3, -0.25) is 4.79 Å². The zero-order valence-corrected chi connectivity index (χ0v) is 11.6. The van der Waals surface area contributed by atoms with E-state index in [1.807, 2.05) is 30.3 Å².